The van der Waals surface area contributed by atoms with Crippen molar-refractivity contribution in [3.8, 4) is 5.75 Å². The molecule has 0 spiro atoms. The molecule has 2 rings (SSSR count). The first-order valence-corrected chi connectivity index (χ1v) is 6.83. The number of hydrogen-bond acceptors (Lipinski definition) is 2. The third-order valence-electron chi connectivity index (χ3n) is 2.52. The number of halogens is 3. The molecule has 0 atom stereocenters. The number of aryl methyl sites for hydroxylation is 2. The number of ether oxygens (including phenoxy) is 1. The van der Waals surface area contributed by atoms with Gasteiger partial charge in [-0.25, -0.2) is 4.39 Å². The van der Waals surface area contributed by atoms with E-state index >= 15 is 0 Å². The molecule has 3 nitrogen and oxygen atoms in total. The van der Waals surface area contributed by atoms with Crippen molar-refractivity contribution >= 4 is 31.9 Å². The lowest BCUT2D eigenvalue weighted by Crippen LogP contribution is -2.04. The zero-order valence-electron chi connectivity index (χ0n) is 9.88. The third-order valence-corrected chi connectivity index (χ3v) is 4.04. The lowest BCUT2D eigenvalue weighted by atomic mass is 10.3. The summed E-state index contributed by atoms with van der Waals surface area (Å²) in [5, 5.41) is 4.25. The molecule has 96 valence electrons. The Kier molecular flexibility index (Phi) is 4.07. The van der Waals surface area contributed by atoms with E-state index in [1.807, 2.05) is 14.0 Å². The predicted molar refractivity (Wildman–Crippen MR) is 74.1 cm³/mol. The van der Waals surface area contributed by atoms with E-state index in [-0.39, 0.29) is 18.2 Å². The van der Waals surface area contributed by atoms with Gasteiger partial charge >= 0.3 is 0 Å². The van der Waals surface area contributed by atoms with Gasteiger partial charge in [-0.2, -0.15) is 5.10 Å². The minimum atomic E-state index is -0.381. The van der Waals surface area contributed by atoms with Crippen LogP contribution in [0.15, 0.2) is 27.1 Å². The fourth-order valence-electron chi connectivity index (χ4n) is 1.57. The molecule has 0 radical (unpaired) electrons. The van der Waals surface area contributed by atoms with E-state index in [9.17, 15) is 4.39 Å². The van der Waals surface area contributed by atoms with Crippen molar-refractivity contribution in [2.24, 2.45) is 7.05 Å². The smallest absolute Gasteiger partial charge is 0.165 e. The van der Waals surface area contributed by atoms with Crippen molar-refractivity contribution in [3.63, 3.8) is 0 Å². The fraction of sp³-hybridized carbons (Fsp3) is 0.250. The predicted octanol–water partition coefficient (Wildman–Crippen LogP) is 3.97. The average molecular weight is 378 g/mol. The Morgan fingerprint density at radius 2 is 2.11 bits per heavy atom. The van der Waals surface area contributed by atoms with Gasteiger partial charge in [-0.15, -0.1) is 0 Å². The molecule has 1 heterocycles. The van der Waals surface area contributed by atoms with E-state index in [2.05, 4.69) is 37.0 Å². The van der Waals surface area contributed by atoms with Crippen LogP contribution in [0, 0.1) is 12.7 Å². The van der Waals surface area contributed by atoms with E-state index in [4.69, 9.17) is 4.74 Å². The molecule has 0 bridgehead atoms. The SMILES string of the molecule is Cc1nn(C)c(COc2cc(Br)ccc2F)c1Br. The molecule has 0 aliphatic heterocycles. The van der Waals surface area contributed by atoms with E-state index < -0.39 is 0 Å². The van der Waals surface area contributed by atoms with Crippen LogP contribution in [-0.4, -0.2) is 9.78 Å². The van der Waals surface area contributed by atoms with Gasteiger partial charge in [0.15, 0.2) is 11.6 Å². The van der Waals surface area contributed by atoms with Crippen LogP contribution >= 0.6 is 31.9 Å². The molecular formula is C12H11Br2FN2O. The van der Waals surface area contributed by atoms with Gasteiger partial charge in [0.25, 0.3) is 0 Å². The van der Waals surface area contributed by atoms with Gasteiger partial charge in [0, 0.05) is 11.5 Å². The maximum Gasteiger partial charge on any atom is 0.165 e. The topological polar surface area (TPSA) is 27.1 Å². The second-order valence-corrected chi connectivity index (χ2v) is 5.54. The maximum absolute atomic E-state index is 13.5. The lowest BCUT2D eigenvalue weighted by Gasteiger charge is -2.08. The summed E-state index contributed by atoms with van der Waals surface area (Å²) in [6.07, 6.45) is 0. The van der Waals surface area contributed by atoms with E-state index in [1.165, 1.54) is 6.07 Å². The van der Waals surface area contributed by atoms with Gasteiger partial charge in [-0.1, -0.05) is 15.9 Å². The molecule has 1 aromatic heterocycles. The summed E-state index contributed by atoms with van der Waals surface area (Å²) in [7, 11) is 1.83. The summed E-state index contributed by atoms with van der Waals surface area (Å²) < 4.78 is 22.4. The second-order valence-electron chi connectivity index (χ2n) is 3.83. The number of rotatable bonds is 3. The number of nitrogens with zero attached hydrogens (tertiary/aromatic N) is 2. The minimum absolute atomic E-state index is 0.218. The van der Waals surface area contributed by atoms with Crippen molar-refractivity contribution in [2.45, 2.75) is 13.5 Å². The molecule has 0 amide bonds. The zero-order chi connectivity index (χ0) is 13.3. The Labute approximate surface area is 121 Å². The van der Waals surface area contributed by atoms with Crippen LogP contribution in [0.25, 0.3) is 0 Å². The van der Waals surface area contributed by atoms with Crippen LogP contribution in [0.5, 0.6) is 5.75 Å². The van der Waals surface area contributed by atoms with Gasteiger partial charge in [0.05, 0.1) is 15.9 Å². The Balaban J connectivity index is 2.19. The molecule has 0 fully saturated rings. The van der Waals surface area contributed by atoms with E-state index in [1.54, 1.807) is 16.8 Å². The standard InChI is InChI=1S/C12H11Br2FN2O/c1-7-12(14)10(17(2)16-7)6-18-11-5-8(13)3-4-9(11)15/h3-5H,6H2,1-2H3. The highest BCUT2D eigenvalue weighted by Crippen LogP contribution is 2.25. The molecule has 0 aliphatic rings. The molecule has 6 heteroatoms. The van der Waals surface area contributed by atoms with Crippen LogP contribution in [0.1, 0.15) is 11.4 Å². The van der Waals surface area contributed by atoms with Crippen LogP contribution < -0.4 is 4.74 Å². The quantitative estimate of drug-likeness (QED) is 0.809. The van der Waals surface area contributed by atoms with Crippen molar-refractivity contribution < 1.29 is 9.13 Å². The first kappa shape index (κ1) is 13.5. The molecule has 1 aromatic carbocycles. The van der Waals surface area contributed by atoms with E-state index in [0.717, 1.165) is 20.3 Å². The molecule has 2 aromatic rings. The largest absolute Gasteiger partial charge is 0.484 e. The highest BCUT2D eigenvalue weighted by atomic mass is 79.9. The van der Waals surface area contributed by atoms with Gasteiger partial charge < -0.3 is 4.74 Å². The summed E-state index contributed by atoms with van der Waals surface area (Å²) in [5.74, 6) is -0.164. The number of benzene rings is 1. The Hall–Kier alpha value is -0.880. The van der Waals surface area contributed by atoms with Gasteiger partial charge in [0.1, 0.15) is 6.61 Å². The van der Waals surface area contributed by atoms with E-state index in [0.29, 0.717) is 0 Å². The van der Waals surface area contributed by atoms with Crippen LogP contribution in [0.2, 0.25) is 0 Å². The van der Waals surface area contributed by atoms with Gasteiger partial charge in [0.2, 0.25) is 0 Å². The fourth-order valence-corrected chi connectivity index (χ4v) is 2.36. The Morgan fingerprint density at radius 1 is 1.39 bits per heavy atom. The average Bonchev–Trinajstić information content (AvgIpc) is 2.55. The van der Waals surface area contributed by atoms with Crippen molar-refractivity contribution in [3.05, 3.63) is 44.3 Å². The van der Waals surface area contributed by atoms with Crippen LogP contribution in [0.3, 0.4) is 0 Å². The molecule has 18 heavy (non-hydrogen) atoms. The van der Waals surface area contributed by atoms with Crippen molar-refractivity contribution in [1.29, 1.82) is 0 Å². The molecule has 0 unspecified atom stereocenters. The number of aromatic nitrogens is 2. The summed E-state index contributed by atoms with van der Waals surface area (Å²) in [6, 6.07) is 4.60. The first-order chi connectivity index (χ1) is 8.49. The highest BCUT2D eigenvalue weighted by molar-refractivity contribution is 9.10. The van der Waals surface area contributed by atoms with Crippen molar-refractivity contribution in [2.75, 3.05) is 0 Å². The Bertz CT molecular complexity index is 584. The van der Waals surface area contributed by atoms with Gasteiger partial charge in [-0.05, 0) is 41.1 Å². The monoisotopic (exact) mass is 376 g/mol. The molecule has 0 aliphatic carbocycles. The summed E-state index contributed by atoms with van der Waals surface area (Å²) in [6.45, 7) is 2.15. The summed E-state index contributed by atoms with van der Waals surface area (Å²) in [5.41, 5.74) is 1.75. The second kappa shape index (κ2) is 5.40. The third kappa shape index (κ3) is 2.75. The maximum atomic E-state index is 13.5. The normalized spacial score (nSPS) is 10.7. The minimum Gasteiger partial charge on any atom is -0.484 e. The molecule has 0 saturated carbocycles. The van der Waals surface area contributed by atoms with Crippen LogP contribution in [-0.2, 0) is 13.7 Å². The first-order valence-electron chi connectivity index (χ1n) is 5.25. The summed E-state index contributed by atoms with van der Waals surface area (Å²) in [4.78, 5) is 0. The molecular weight excluding hydrogens is 367 g/mol. The van der Waals surface area contributed by atoms with Crippen LogP contribution in [0.4, 0.5) is 4.39 Å². The summed E-state index contributed by atoms with van der Waals surface area (Å²) >= 11 is 6.72. The van der Waals surface area contributed by atoms with Gasteiger partial charge in [-0.3, -0.25) is 4.68 Å². The highest BCUT2D eigenvalue weighted by Gasteiger charge is 2.12. The zero-order valence-corrected chi connectivity index (χ0v) is 13.0. The molecule has 0 saturated heterocycles. The van der Waals surface area contributed by atoms with Crippen molar-refractivity contribution in [1.82, 2.24) is 9.78 Å². The lowest BCUT2D eigenvalue weighted by molar-refractivity contribution is 0.279. The number of hydrogen-bond donors (Lipinski definition) is 0. The molecule has 0 N–H and O–H groups in total. The Morgan fingerprint density at radius 3 is 2.72 bits per heavy atom.